The van der Waals surface area contributed by atoms with Crippen LogP contribution in [0.4, 0.5) is 0 Å². The molecule has 0 aromatic carbocycles. The molecule has 0 radical (unpaired) electrons. The van der Waals surface area contributed by atoms with Gasteiger partial charge in [0.1, 0.15) is 6.61 Å². The normalized spacial score (nSPS) is 22.0. The highest BCUT2D eigenvalue weighted by atomic mass is 16.6. The van der Waals surface area contributed by atoms with Crippen molar-refractivity contribution in [1.29, 1.82) is 0 Å². The molecule has 2 aliphatic carbocycles. The quantitative estimate of drug-likeness (QED) is 0.0566. The van der Waals surface area contributed by atoms with Crippen LogP contribution in [0.2, 0.25) is 0 Å². The number of esters is 1. The first kappa shape index (κ1) is 40.6. The summed E-state index contributed by atoms with van der Waals surface area (Å²) in [4.78, 5) is 11.6. The van der Waals surface area contributed by atoms with Crippen LogP contribution in [0.5, 0.6) is 0 Å². The van der Waals surface area contributed by atoms with Crippen molar-refractivity contribution in [1.82, 2.24) is 5.32 Å². The van der Waals surface area contributed by atoms with E-state index in [9.17, 15) is 4.79 Å². The molecular formula is C41H79NO3. The van der Waals surface area contributed by atoms with Crippen LogP contribution in [0.3, 0.4) is 0 Å². The molecule has 0 heterocycles. The van der Waals surface area contributed by atoms with Crippen molar-refractivity contribution in [3.63, 3.8) is 0 Å². The van der Waals surface area contributed by atoms with E-state index in [0.29, 0.717) is 19.6 Å². The minimum atomic E-state index is -0.0737. The Hall–Kier alpha value is -0.610. The third-order valence-corrected chi connectivity index (χ3v) is 11.3. The highest BCUT2D eigenvalue weighted by Gasteiger charge is 2.36. The summed E-state index contributed by atoms with van der Waals surface area (Å²) in [5.74, 6) is 5.01. The zero-order chi connectivity index (χ0) is 32.4. The second kappa shape index (κ2) is 27.4. The predicted molar refractivity (Wildman–Crippen MR) is 194 cm³/mol. The van der Waals surface area contributed by atoms with Crippen LogP contribution in [0.1, 0.15) is 194 Å². The Balaban J connectivity index is 1.35. The molecule has 0 aromatic rings. The monoisotopic (exact) mass is 634 g/mol. The molecule has 4 nitrogen and oxygen atoms in total. The standard InChI is InChI=1S/C41H79NO3/c1-5-7-8-9-12-18-25-38-34-39(38)28-22-23-29-40(42-6-2)35(3)24-17-15-16-20-27-37-33-36(37)26-19-13-10-11-14-21-30-41(43)45-32-31-44-4/h35-40,42H,5-34H2,1-4H3. The van der Waals surface area contributed by atoms with Gasteiger partial charge in [0.25, 0.3) is 0 Å². The summed E-state index contributed by atoms with van der Waals surface area (Å²) >= 11 is 0. The second-order valence-corrected chi connectivity index (χ2v) is 15.4. The summed E-state index contributed by atoms with van der Waals surface area (Å²) in [6, 6.07) is 0.732. The van der Waals surface area contributed by atoms with Gasteiger partial charge in [-0.2, -0.15) is 0 Å². The Kier molecular flexibility index (Phi) is 24.7. The number of rotatable bonds is 34. The third kappa shape index (κ3) is 21.8. The highest BCUT2D eigenvalue weighted by molar-refractivity contribution is 5.69. The summed E-state index contributed by atoms with van der Waals surface area (Å²) in [5, 5.41) is 3.85. The van der Waals surface area contributed by atoms with Crippen LogP contribution in [0, 0.1) is 29.6 Å². The molecule has 45 heavy (non-hydrogen) atoms. The molecule has 2 aliphatic rings. The molecule has 2 fully saturated rings. The SMILES string of the molecule is CCCCCCCCC1CC1CCCCC(NCC)C(C)CCCCCCC1CC1CCCCCCCCC(=O)OCCOC. The molecule has 6 unspecified atom stereocenters. The molecule has 2 saturated carbocycles. The molecule has 0 aliphatic heterocycles. The Bertz CT molecular complexity index is 684. The summed E-state index contributed by atoms with van der Waals surface area (Å²) in [6.07, 6.45) is 37.2. The number of methoxy groups -OCH3 is 1. The molecule has 6 atom stereocenters. The average Bonchev–Trinajstić information content (AvgIpc) is 3.96. The van der Waals surface area contributed by atoms with E-state index < -0.39 is 0 Å². The largest absolute Gasteiger partial charge is 0.463 e. The average molecular weight is 634 g/mol. The van der Waals surface area contributed by atoms with E-state index in [1.807, 2.05) is 0 Å². The summed E-state index contributed by atoms with van der Waals surface area (Å²) < 4.78 is 10.0. The first-order valence-corrected chi connectivity index (χ1v) is 20.5. The number of carbonyl (C=O) groups is 1. The molecule has 4 heteroatoms. The molecule has 2 rings (SSSR count). The molecule has 1 N–H and O–H groups in total. The fraction of sp³-hybridized carbons (Fsp3) is 0.976. The van der Waals surface area contributed by atoms with Crippen molar-refractivity contribution in [2.45, 2.75) is 200 Å². The van der Waals surface area contributed by atoms with Gasteiger partial charge in [-0.05, 0) is 68.2 Å². The fourth-order valence-corrected chi connectivity index (χ4v) is 7.96. The maximum atomic E-state index is 11.6. The van der Waals surface area contributed by atoms with E-state index in [0.717, 1.165) is 55.0 Å². The van der Waals surface area contributed by atoms with E-state index in [4.69, 9.17) is 9.47 Å². The van der Waals surface area contributed by atoms with Crippen LogP contribution in [0.25, 0.3) is 0 Å². The molecule has 0 saturated heterocycles. The van der Waals surface area contributed by atoms with Crippen LogP contribution >= 0.6 is 0 Å². The van der Waals surface area contributed by atoms with Crippen molar-refractivity contribution in [2.75, 3.05) is 26.9 Å². The van der Waals surface area contributed by atoms with Crippen molar-refractivity contribution >= 4 is 5.97 Å². The van der Waals surface area contributed by atoms with Crippen LogP contribution < -0.4 is 5.32 Å². The Morgan fingerprint density at radius 3 is 1.62 bits per heavy atom. The van der Waals surface area contributed by atoms with Gasteiger partial charge in [0.05, 0.1) is 6.61 Å². The molecule has 0 bridgehead atoms. The zero-order valence-electron chi connectivity index (χ0n) is 30.9. The number of ether oxygens (including phenoxy) is 2. The van der Waals surface area contributed by atoms with Crippen LogP contribution in [-0.2, 0) is 14.3 Å². The van der Waals surface area contributed by atoms with E-state index in [-0.39, 0.29) is 5.97 Å². The first-order chi connectivity index (χ1) is 22.1. The maximum Gasteiger partial charge on any atom is 0.305 e. The van der Waals surface area contributed by atoms with Gasteiger partial charge in [-0.25, -0.2) is 0 Å². The Morgan fingerprint density at radius 1 is 0.622 bits per heavy atom. The lowest BCUT2D eigenvalue weighted by molar-refractivity contribution is -0.145. The van der Waals surface area contributed by atoms with E-state index in [1.165, 1.54) is 148 Å². The van der Waals surface area contributed by atoms with Gasteiger partial charge in [-0.3, -0.25) is 4.79 Å². The number of hydrogen-bond donors (Lipinski definition) is 1. The first-order valence-electron chi connectivity index (χ1n) is 20.5. The van der Waals surface area contributed by atoms with Crippen molar-refractivity contribution in [3.8, 4) is 0 Å². The minimum absolute atomic E-state index is 0.0737. The molecule has 266 valence electrons. The predicted octanol–water partition coefficient (Wildman–Crippen LogP) is 11.8. The van der Waals surface area contributed by atoms with Gasteiger partial charge in [0, 0.05) is 19.6 Å². The molecule has 0 aromatic heterocycles. The summed E-state index contributed by atoms with van der Waals surface area (Å²) in [6.45, 7) is 9.11. The Morgan fingerprint density at radius 2 is 1.09 bits per heavy atom. The molecule has 0 spiro atoms. The van der Waals surface area contributed by atoms with Gasteiger partial charge in [-0.1, -0.05) is 156 Å². The zero-order valence-corrected chi connectivity index (χ0v) is 30.9. The highest BCUT2D eigenvalue weighted by Crippen LogP contribution is 2.46. The lowest BCUT2D eigenvalue weighted by Gasteiger charge is -2.25. The van der Waals surface area contributed by atoms with Crippen molar-refractivity contribution < 1.29 is 14.3 Å². The lowest BCUT2D eigenvalue weighted by atomic mass is 9.90. The van der Waals surface area contributed by atoms with Gasteiger partial charge in [-0.15, -0.1) is 0 Å². The fourth-order valence-electron chi connectivity index (χ4n) is 7.96. The number of unbranched alkanes of at least 4 members (excludes halogenated alkanes) is 14. The van der Waals surface area contributed by atoms with Gasteiger partial charge in [0.2, 0.25) is 0 Å². The molecule has 0 amide bonds. The van der Waals surface area contributed by atoms with Gasteiger partial charge in [0.15, 0.2) is 0 Å². The lowest BCUT2D eigenvalue weighted by Crippen LogP contribution is -2.34. The molecular weight excluding hydrogens is 554 g/mol. The van der Waals surface area contributed by atoms with Crippen molar-refractivity contribution in [3.05, 3.63) is 0 Å². The summed E-state index contributed by atoms with van der Waals surface area (Å²) in [7, 11) is 1.63. The van der Waals surface area contributed by atoms with E-state index in [2.05, 4.69) is 26.1 Å². The maximum absolute atomic E-state index is 11.6. The number of carbonyl (C=O) groups excluding carboxylic acids is 1. The Labute approximate surface area is 281 Å². The van der Waals surface area contributed by atoms with Gasteiger partial charge < -0.3 is 14.8 Å². The summed E-state index contributed by atoms with van der Waals surface area (Å²) in [5.41, 5.74) is 0. The second-order valence-electron chi connectivity index (χ2n) is 15.4. The van der Waals surface area contributed by atoms with Crippen LogP contribution in [0.15, 0.2) is 0 Å². The van der Waals surface area contributed by atoms with Crippen LogP contribution in [-0.4, -0.2) is 38.9 Å². The smallest absolute Gasteiger partial charge is 0.305 e. The number of hydrogen-bond acceptors (Lipinski definition) is 4. The van der Waals surface area contributed by atoms with Gasteiger partial charge >= 0.3 is 5.97 Å². The third-order valence-electron chi connectivity index (χ3n) is 11.3. The van der Waals surface area contributed by atoms with E-state index in [1.54, 1.807) is 13.5 Å². The number of nitrogens with one attached hydrogen (secondary N) is 1. The van der Waals surface area contributed by atoms with E-state index >= 15 is 0 Å². The topological polar surface area (TPSA) is 47.6 Å². The van der Waals surface area contributed by atoms with Crippen molar-refractivity contribution in [2.24, 2.45) is 29.6 Å². The minimum Gasteiger partial charge on any atom is -0.463 e.